The second kappa shape index (κ2) is 77.6. The van der Waals surface area contributed by atoms with Gasteiger partial charge in [0, 0.05) is 25.7 Å². The first-order valence-electron chi connectivity index (χ1n) is 40.4. The van der Waals surface area contributed by atoms with Gasteiger partial charge in [-0.25, -0.2) is 9.13 Å². The minimum absolute atomic E-state index is 0.0608. The molecule has 0 fully saturated rings. The number of ether oxygens (including phenoxy) is 4. The largest absolute Gasteiger partial charge is 0.472 e. The third kappa shape index (κ3) is 76.6. The normalized spacial score (nSPS) is 14.7. The van der Waals surface area contributed by atoms with E-state index in [1.807, 2.05) is 12.2 Å². The number of allylic oxidation sites excluding steroid dienone is 28. The Balaban J connectivity index is 5.44. The minimum Gasteiger partial charge on any atom is -0.462 e. The third-order valence-corrected chi connectivity index (χ3v) is 18.0. The molecule has 19 heteroatoms. The molecule has 106 heavy (non-hydrogen) atoms. The average molecular weight is 1520 g/mol. The van der Waals surface area contributed by atoms with Crippen LogP contribution in [0.15, 0.2) is 170 Å². The lowest BCUT2D eigenvalue weighted by molar-refractivity contribution is -0.161. The number of phosphoric ester groups is 2. The van der Waals surface area contributed by atoms with Gasteiger partial charge in [0.05, 0.1) is 26.4 Å². The highest BCUT2D eigenvalue weighted by molar-refractivity contribution is 7.47. The number of esters is 4. The lowest BCUT2D eigenvalue weighted by Crippen LogP contribution is -2.30. The number of rotatable bonds is 74. The highest BCUT2D eigenvalue weighted by atomic mass is 31.2. The topological polar surface area (TPSA) is 237 Å². The molecule has 602 valence electrons. The van der Waals surface area contributed by atoms with Crippen LogP contribution in [0.3, 0.4) is 0 Å². The average Bonchev–Trinajstić information content (AvgIpc) is 0.937. The van der Waals surface area contributed by atoms with Gasteiger partial charge in [-0.15, -0.1) is 0 Å². The van der Waals surface area contributed by atoms with Crippen LogP contribution in [0.4, 0.5) is 0 Å². The Morgan fingerprint density at radius 1 is 0.274 bits per heavy atom. The molecule has 0 saturated carbocycles. The Labute approximate surface area is 642 Å². The molecule has 0 saturated heterocycles. The molecule has 0 bridgehead atoms. The predicted octanol–water partition coefficient (Wildman–Crippen LogP) is 23.8. The molecule has 0 rings (SSSR count). The molecule has 5 atom stereocenters. The summed E-state index contributed by atoms with van der Waals surface area (Å²) in [5.74, 6) is -2.29. The second-order valence-electron chi connectivity index (χ2n) is 26.2. The Bertz CT molecular complexity index is 2680. The summed E-state index contributed by atoms with van der Waals surface area (Å²) in [5.41, 5.74) is 0. The van der Waals surface area contributed by atoms with Gasteiger partial charge in [0.15, 0.2) is 12.2 Å². The number of carbonyl (C=O) groups excluding carboxylic acids is 4. The number of carbonyl (C=O) groups is 4. The Hall–Kier alpha value is -5.58. The van der Waals surface area contributed by atoms with Crippen LogP contribution in [0, 0.1) is 0 Å². The molecule has 0 spiro atoms. The van der Waals surface area contributed by atoms with Crippen molar-refractivity contribution >= 4 is 39.5 Å². The van der Waals surface area contributed by atoms with E-state index in [2.05, 4.69) is 186 Å². The van der Waals surface area contributed by atoms with Gasteiger partial charge in [-0.1, -0.05) is 281 Å². The van der Waals surface area contributed by atoms with E-state index in [4.69, 9.17) is 37.0 Å². The van der Waals surface area contributed by atoms with E-state index in [9.17, 15) is 43.2 Å². The van der Waals surface area contributed by atoms with Crippen molar-refractivity contribution in [2.45, 2.75) is 316 Å². The van der Waals surface area contributed by atoms with Gasteiger partial charge in [0.1, 0.15) is 19.3 Å². The van der Waals surface area contributed by atoms with Gasteiger partial charge in [0.25, 0.3) is 0 Å². The number of unbranched alkanes of at least 4 members (excludes halogenated alkanes) is 20. The van der Waals surface area contributed by atoms with Crippen molar-refractivity contribution in [1.82, 2.24) is 0 Å². The fourth-order valence-corrected chi connectivity index (χ4v) is 11.7. The van der Waals surface area contributed by atoms with Crippen molar-refractivity contribution in [3.63, 3.8) is 0 Å². The van der Waals surface area contributed by atoms with Crippen molar-refractivity contribution in [3.8, 4) is 0 Å². The molecule has 5 unspecified atom stereocenters. The second-order valence-corrected chi connectivity index (χ2v) is 29.1. The maximum atomic E-state index is 13.1. The molecule has 0 aromatic carbocycles. The van der Waals surface area contributed by atoms with Crippen molar-refractivity contribution in [3.05, 3.63) is 170 Å². The standard InChI is InChI=1S/C87H142O17P2/c1-5-9-13-17-21-25-29-33-36-39-40-43-45-49-52-56-60-64-68-72-85(90)98-78-83(104-87(92)74-70-66-62-58-54-50-46-42-38-35-31-27-23-19-15-11-7-3)80-102-106(95,96)100-76-81(88)75-99-105(93,94)101-79-82(103-86(91)73-69-65-61-57-53-47-32-28-24-20-16-12-8-4)77-97-84(89)71-67-63-59-55-51-48-44-41-37-34-30-26-22-18-14-10-6-2/h9-11,13-16,20-23,25-28,32-38,40,43-44,48,55,59,81-83,88H,5-8,12,17-19,24,29-31,39,41-42,45-47,49-54,56-58,60-80H2,1-4H3,(H,93,94)(H,95,96)/b13-9-,14-10-,15-11-,20-16-,25-21-,26-22-,27-23-,32-28-,36-33-,37-34-,38-35-,43-40-,48-44-,59-55-. The molecule has 0 amide bonds. The van der Waals surface area contributed by atoms with E-state index in [1.165, 1.54) is 0 Å². The molecule has 0 aromatic rings. The van der Waals surface area contributed by atoms with E-state index in [1.54, 1.807) is 0 Å². The summed E-state index contributed by atoms with van der Waals surface area (Å²) >= 11 is 0. The quantitative estimate of drug-likeness (QED) is 0.0169. The van der Waals surface area contributed by atoms with Crippen molar-refractivity contribution in [2.75, 3.05) is 39.6 Å². The van der Waals surface area contributed by atoms with Crippen LogP contribution >= 0.6 is 15.6 Å². The number of hydrogen-bond acceptors (Lipinski definition) is 15. The lowest BCUT2D eigenvalue weighted by Gasteiger charge is -2.21. The van der Waals surface area contributed by atoms with Gasteiger partial charge in [-0.2, -0.15) is 0 Å². The molecule has 0 radical (unpaired) electrons. The molecular weight excluding hydrogens is 1380 g/mol. The molecule has 0 aliphatic carbocycles. The SMILES string of the molecule is CC/C=C\C/C=C\C/C=C\C/C=C\C/C=C\CCCC(=O)OCC(COP(=O)(O)OCC(O)COP(=O)(O)OCC(COC(=O)CCCCCCCC/C=C\C/C=C\C/C=C\C/C=C\CC)OC(=O)CCCCCCCCC/C=C\C/C=C\C/C=C\CC)OC(=O)CCCCCCC/C=C\C/C=C\CCC. The van der Waals surface area contributed by atoms with Crippen LogP contribution in [0.1, 0.15) is 297 Å². The summed E-state index contributed by atoms with van der Waals surface area (Å²) in [6, 6.07) is 0. The van der Waals surface area contributed by atoms with Crippen LogP contribution < -0.4 is 0 Å². The summed E-state index contributed by atoms with van der Waals surface area (Å²) in [4.78, 5) is 73.1. The fraction of sp³-hybridized carbons (Fsp3) is 0.632. The number of aliphatic hydroxyl groups is 1. The van der Waals surface area contributed by atoms with Crippen LogP contribution in [0.25, 0.3) is 0 Å². The van der Waals surface area contributed by atoms with Crippen LogP contribution in [0.5, 0.6) is 0 Å². The van der Waals surface area contributed by atoms with Gasteiger partial charge >= 0.3 is 39.5 Å². The molecule has 0 heterocycles. The van der Waals surface area contributed by atoms with E-state index in [-0.39, 0.29) is 25.7 Å². The zero-order chi connectivity index (χ0) is 77.4. The third-order valence-electron chi connectivity index (χ3n) is 16.1. The summed E-state index contributed by atoms with van der Waals surface area (Å²) in [7, 11) is -10.00. The first kappa shape index (κ1) is 100. The highest BCUT2D eigenvalue weighted by Gasteiger charge is 2.30. The van der Waals surface area contributed by atoms with Crippen LogP contribution in [0.2, 0.25) is 0 Å². The zero-order valence-electron chi connectivity index (χ0n) is 65.8. The van der Waals surface area contributed by atoms with E-state index < -0.39 is 97.5 Å². The molecule has 17 nitrogen and oxygen atoms in total. The maximum Gasteiger partial charge on any atom is 0.472 e. The fourth-order valence-electron chi connectivity index (χ4n) is 10.1. The van der Waals surface area contributed by atoms with Gasteiger partial charge in [0.2, 0.25) is 0 Å². The number of phosphoric acid groups is 2. The first-order valence-corrected chi connectivity index (χ1v) is 43.4. The molecule has 0 aliphatic heterocycles. The molecule has 0 aliphatic rings. The van der Waals surface area contributed by atoms with Crippen molar-refractivity contribution in [1.29, 1.82) is 0 Å². The predicted molar refractivity (Wildman–Crippen MR) is 436 cm³/mol. The molecular formula is C87H142O17P2. The van der Waals surface area contributed by atoms with E-state index in [0.717, 1.165) is 212 Å². The molecule has 3 N–H and O–H groups in total. The van der Waals surface area contributed by atoms with Gasteiger partial charge in [-0.05, 0) is 161 Å². The zero-order valence-corrected chi connectivity index (χ0v) is 67.6. The summed E-state index contributed by atoms with van der Waals surface area (Å²) in [6.07, 6.45) is 91.9. The lowest BCUT2D eigenvalue weighted by atomic mass is 10.1. The highest BCUT2D eigenvalue weighted by Crippen LogP contribution is 2.45. The monoisotopic (exact) mass is 1520 g/mol. The Kier molecular flexibility index (Phi) is 73.5. The first-order chi connectivity index (χ1) is 51.7. The smallest absolute Gasteiger partial charge is 0.462 e. The summed E-state index contributed by atoms with van der Waals surface area (Å²) < 4.78 is 68.6. The minimum atomic E-state index is -5.00. The van der Waals surface area contributed by atoms with Gasteiger partial charge < -0.3 is 33.8 Å². The van der Waals surface area contributed by atoms with Crippen molar-refractivity contribution in [2.24, 2.45) is 0 Å². The Morgan fingerprint density at radius 2 is 0.500 bits per heavy atom. The number of hydrogen-bond donors (Lipinski definition) is 3. The van der Waals surface area contributed by atoms with Crippen LogP contribution in [-0.2, 0) is 65.4 Å². The van der Waals surface area contributed by atoms with Crippen molar-refractivity contribution < 1.29 is 80.2 Å². The summed E-state index contributed by atoms with van der Waals surface area (Å²) in [5, 5.41) is 10.6. The Morgan fingerprint density at radius 3 is 0.792 bits per heavy atom. The van der Waals surface area contributed by atoms with E-state index >= 15 is 0 Å². The summed E-state index contributed by atoms with van der Waals surface area (Å²) in [6.45, 7) is 4.36. The maximum absolute atomic E-state index is 13.1. The van der Waals surface area contributed by atoms with Gasteiger partial charge in [-0.3, -0.25) is 37.3 Å². The number of aliphatic hydroxyl groups excluding tert-OH is 1. The van der Waals surface area contributed by atoms with Crippen LogP contribution in [-0.4, -0.2) is 96.7 Å². The van der Waals surface area contributed by atoms with E-state index in [0.29, 0.717) is 32.1 Å². The molecule has 0 aromatic heterocycles.